The maximum atomic E-state index is 13.9. The van der Waals surface area contributed by atoms with E-state index in [-0.39, 0.29) is 17.2 Å². The maximum Gasteiger partial charge on any atom is 0.237 e. The van der Waals surface area contributed by atoms with Crippen LogP contribution in [0.5, 0.6) is 5.75 Å². The summed E-state index contributed by atoms with van der Waals surface area (Å²) in [7, 11) is -1.49. The van der Waals surface area contributed by atoms with Crippen LogP contribution in [0.4, 0.5) is 0 Å². The van der Waals surface area contributed by atoms with Crippen LogP contribution in [0, 0.1) is 17.8 Å². The molecule has 34 heavy (non-hydrogen) atoms. The third kappa shape index (κ3) is 4.73. The Morgan fingerprint density at radius 3 is 2.24 bits per heavy atom. The van der Waals surface area contributed by atoms with Gasteiger partial charge in [-0.2, -0.15) is 4.31 Å². The van der Waals surface area contributed by atoms with Gasteiger partial charge in [0.15, 0.2) is 0 Å². The molecule has 1 aromatic carbocycles. The molecule has 1 aromatic rings. The van der Waals surface area contributed by atoms with Crippen LogP contribution in [0.1, 0.15) is 51.0 Å². The standard InChI is InChI=1S/C26H39N3O4S/c1-3-34(31,32)28-9-7-27(8-10-28)19-25(30)29(18-20-5-4-6-24(14-20)33-2)26-15-21-11-22(16-26)13-23(12-21)17-26/h4-6,14,21-23H,3,7-13,15-19H2,1-2H3. The van der Waals surface area contributed by atoms with Crippen LogP contribution in [-0.4, -0.2) is 79.6 Å². The third-order valence-corrected chi connectivity index (χ3v) is 10.7. The lowest BCUT2D eigenvalue weighted by molar-refractivity contribution is -0.153. The quantitative estimate of drug-likeness (QED) is 0.562. The number of benzene rings is 1. The second kappa shape index (κ2) is 9.43. The number of amides is 1. The van der Waals surface area contributed by atoms with Gasteiger partial charge in [-0.3, -0.25) is 9.69 Å². The zero-order valence-electron chi connectivity index (χ0n) is 20.6. The fourth-order valence-corrected chi connectivity index (χ4v) is 8.58. The molecule has 0 unspecified atom stereocenters. The summed E-state index contributed by atoms with van der Waals surface area (Å²) in [5.74, 6) is 3.42. The number of carbonyl (C=O) groups excluding carboxylic acids is 1. The number of carbonyl (C=O) groups is 1. The second-order valence-corrected chi connectivity index (χ2v) is 13.3. The van der Waals surface area contributed by atoms with Gasteiger partial charge in [0, 0.05) is 38.3 Å². The minimum atomic E-state index is -3.17. The predicted octanol–water partition coefficient (Wildman–Crippen LogP) is 2.96. The van der Waals surface area contributed by atoms with Crippen LogP contribution in [0.25, 0.3) is 0 Å². The third-order valence-electron chi connectivity index (χ3n) is 8.80. The van der Waals surface area contributed by atoms with Crippen LogP contribution < -0.4 is 4.74 Å². The summed E-state index contributed by atoms with van der Waals surface area (Å²) >= 11 is 0. The number of methoxy groups -OCH3 is 1. The predicted molar refractivity (Wildman–Crippen MR) is 132 cm³/mol. The molecule has 8 heteroatoms. The first-order valence-corrected chi connectivity index (χ1v) is 14.5. The van der Waals surface area contributed by atoms with Crippen LogP contribution in [-0.2, 0) is 21.4 Å². The van der Waals surface area contributed by atoms with Crippen LogP contribution in [0.15, 0.2) is 24.3 Å². The van der Waals surface area contributed by atoms with E-state index in [0.717, 1.165) is 48.3 Å². The zero-order chi connectivity index (χ0) is 23.9. The molecule has 4 saturated carbocycles. The molecule has 1 aliphatic heterocycles. The SMILES string of the molecule is CCS(=O)(=O)N1CCN(CC(=O)N(Cc2cccc(OC)c2)C23CC4CC(CC(C4)C2)C3)CC1. The maximum absolute atomic E-state index is 13.9. The summed E-state index contributed by atoms with van der Waals surface area (Å²) in [6.45, 7) is 4.83. The molecular weight excluding hydrogens is 450 g/mol. The van der Waals surface area contributed by atoms with Crippen molar-refractivity contribution >= 4 is 15.9 Å². The lowest BCUT2D eigenvalue weighted by Crippen LogP contribution is -2.62. The smallest absolute Gasteiger partial charge is 0.237 e. The van der Waals surface area contributed by atoms with Crippen LogP contribution in [0.3, 0.4) is 0 Å². The molecule has 0 atom stereocenters. The molecule has 1 heterocycles. The Bertz CT molecular complexity index is 968. The Kier molecular flexibility index (Phi) is 6.68. The minimum Gasteiger partial charge on any atom is -0.497 e. The molecule has 5 aliphatic rings. The monoisotopic (exact) mass is 489 g/mol. The second-order valence-electron chi connectivity index (χ2n) is 11.0. The molecule has 0 radical (unpaired) electrons. The highest BCUT2D eigenvalue weighted by Crippen LogP contribution is 2.58. The number of hydrogen-bond acceptors (Lipinski definition) is 5. The number of nitrogens with zero attached hydrogens (tertiary/aromatic N) is 3. The number of sulfonamides is 1. The van der Waals surface area contributed by atoms with E-state index in [4.69, 9.17) is 4.74 Å². The van der Waals surface area contributed by atoms with E-state index in [1.807, 2.05) is 12.1 Å². The van der Waals surface area contributed by atoms with Crippen molar-refractivity contribution < 1.29 is 17.9 Å². The van der Waals surface area contributed by atoms with Crippen molar-refractivity contribution in [3.63, 3.8) is 0 Å². The normalized spacial score (nSPS) is 31.5. The van der Waals surface area contributed by atoms with E-state index >= 15 is 0 Å². The number of rotatable bonds is 8. The van der Waals surface area contributed by atoms with Crippen molar-refractivity contribution in [3.8, 4) is 5.75 Å². The van der Waals surface area contributed by atoms with Crippen LogP contribution >= 0.6 is 0 Å². The molecule has 4 aliphatic carbocycles. The summed E-state index contributed by atoms with van der Waals surface area (Å²) in [6.07, 6.45) is 7.43. The van der Waals surface area contributed by atoms with E-state index in [0.29, 0.717) is 39.3 Å². The fraction of sp³-hybridized carbons (Fsp3) is 0.731. The molecule has 1 saturated heterocycles. The molecule has 188 valence electrons. The molecule has 0 aromatic heterocycles. The molecule has 1 amide bonds. The number of ether oxygens (including phenoxy) is 1. The minimum absolute atomic E-state index is 0.0255. The van der Waals surface area contributed by atoms with Gasteiger partial charge in [-0.15, -0.1) is 0 Å². The first kappa shape index (κ1) is 24.1. The molecule has 5 fully saturated rings. The van der Waals surface area contributed by atoms with Crippen molar-refractivity contribution in [2.45, 2.75) is 57.5 Å². The van der Waals surface area contributed by atoms with Gasteiger partial charge in [0.2, 0.25) is 15.9 Å². The highest BCUT2D eigenvalue weighted by atomic mass is 32.2. The van der Waals surface area contributed by atoms with Crippen molar-refractivity contribution in [2.75, 3.05) is 45.6 Å². The lowest BCUT2D eigenvalue weighted by atomic mass is 9.52. The average molecular weight is 490 g/mol. The fourth-order valence-electron chi connectivity index (χ4n) is 7.49. The van der Waals surface area contributed by atoms with Gasteiger partial charge < -0.3 is 9.64 Å². The van der Waals surface area contributed by atoms with Gasteiger partial charge in [0.25, 0.3) is 0 Å². The van der Waals surface area contributed by atoms with E-state index in [1.54, 1.807) is 18.3 Å². The van der Waals surface area contributed by atoms with Gasteiger partial charge in [-0.1, -0.05) is 12.1 Å². The molecule has 6 rings (SSSR count). The van der Waals surface area contributed by atoms with E-state index in [1.165, 1.54) is 19.3 Å². The number of piperazine rings is 1. The molecule has 0 spiro atoms. The Morgan fingerprint density at radius 1 is 1.06 bits per heavy atom. The van der Waals surface area contributed by atoms with Crippen LogP contribution in [0.2, 0.25) is 0 Å². The van der Waals surface area contributed by atoms with E-state index in [2.05, 4.69) is 21.9 Å². The van der Waals surface area contributed by atoms with Gasteiger partial charge in [0.05, 0.1) is 19.4 Å². The molecule has 0 N–H and O–H groups in total. The largest absolute Gasteiger partial charge is 0.497 e. The first-order valence-electron chi connectivity index (χ1n) is 12.9. The Morgan fingerprint density at radius 2 is 1.68 bits per heavy atom. The summed E-state index contributed by atoms with van der Waals surface area (Å²) < 4.78 is 31.5. The van der Waals surface area contributed by atoms with Gasteiger partial charge in [0.1, 0.15) is 5.75 Å². The lowest BCUT2D eigenvalue weighted by Gasteiger charge is -2.60. The summed E-state index contributed by atoms with van der Waals surface area (Å²) in [4.78, 5) is 18.3. The highest BCUT2D eigenvalue weighted by Gasteiger charge is 2.54. The van der Waals surface area contributed by atoms with Crippen molar-refractivity contribution in [3.05, 3.63) is 29.8 Å². The van der Waals surface area contributed by atoms with Crippen molar-refractivity contribution in [2.24, 2.45) is 17.8 Å². The highest BCUT2D eigenvalue weighted by molar-refractivity contribution is 7.89. The van der Waals surface area contributed by atoms with Crippen molar-refractivity contribution in [1.29, 1.82) is 0 Å². The van der Waals surface area contributed by atoms with E-state index in [9.17, 15) is 13.2 Å². The van der Waals surface area contributed by atoms with Gasteiger partial charge in [-0.05, 0) is 80.9 Å². The van der Waals surface area contributed by atoms with Gasteiger partial charge in [-0.25, -0.2) is 8.42 Å². The first-order chi connectivity index (χ1) is 16.3. The summed E-state index contributed by atoms with van der Waals surface area (Å²) in [5.41, 5.74) is 1.09. The Hall–Kier alpha value is -1.64. The van der Waals surface area contributed by atoms with Gasteiger partial charge >= 0.3 is 0 Å². The summed E-state index contributed by atoms with van der Waals surface area (Å²) in [5, 5.41) is 0. The topological polar surface area (TPSA) is 70.2 Å². The molecule has 4 bridgehead atoms. The average Bonchev–Trinajstić information content (AvgIpc) is 2.82. The number of hydrogen-bond donors (Lipinski definition) is 0. The Labute approximate surface area is 204 Å². The van der Waals surface area contributed by atoms with Crippen molar-refractivity contribution in [1.82, 2.24) is 14.1 Å². The summed E-state index contributed by atoms with van der Waals surface area (Å²) in [6, 6.07) is 8.10. The molecule has 7 nitrogen and oxygen atoms in total. The van der Waals surface area contributed by atoms with E-state index < -0.39 is 10.0 Å². The zero-order valence-corrected chi connectivity index (χ0v) is 21.4. The molecular formula is C26H39N3O4S. The Balaban J connectivity index is 1.34.